The minimum absolute atomic E-state index is 0.554. The average molecular weight is 340 g/mol. The molecule has 2 heterocycles. The van der Waals surface area contributed by atoms with E-state index in [1.54, 1.807) is 0 Å². The van der Waals surface area contributed by atoms with Crippen LogP contribution >= 0.6 is 11.6 Å². The molecule has 1 aromatic rings. The van der Waals surface area contributed by atoms with Crippen LogP contribution in [0.2, 0.25) is 5.02 Å². The van der Waals surface area contributed by atoms with Gasteiger partial charge in [-0.25, -0.2) is 4.79 Å². The molecule has 0 aromatic heterocycles. The van der Waals surface area contributed by atoms with Gasteiger partial charge >= 0.3 is 6.09 Å². The number of anilines is 1. The third-order valence-electron chi connectivity index (χ3n) is 4.45. The molecule has 2 aliphatic rings. The zero-order valence-electron chi connectivity index (χ0n) is 13.1. The third-order valence-corrected chi connectivity index (χ3v) is 4.80. The highest BCUT2D eigenvalue weighted by Crippen LogP contribution is 2.25. The van der Waals surface area contributed by atoms with Crippen LogP contribution < -0.4 is 4.90 Å². The van der Waals surface area contributed by atoms with Gasteiger partial charge in [-0.2, -0.15) is 0 Å². The van der Waals surface area contributed by atoms with Crippen molar-refractivity contribution in [1.29, 1.82) is 0 Å². The number of hydrogen-bond donors (Lipinski definition) is 1. The largest absolute Gasteiger partial charge is 0.465 e. The predicted octanol–water partition coefficient (Wildman–Crippen LogP) is 1.97. The summed E-state index contributed by atoms with van der Waals surface area (Å²) in [6.45, 7) is 6.66. The normalized spacial score (nSPS) is 19.9. The maximum atomic E-state index is 10.9. The summed E-state index contributed by atoms with van der Waals surface area (Å²) in [5.74, 6) is 0. The van der Waals surface area contributed by atoms with Crippen LogP contribution in [0.4, 0.5) is 10.5 Å². The number of amides is 1. The van der Waals surface area contributed by atoms with Gasteiger partial charge in [0.1, 0.15) is 0 Å². The second-order valence-corrected chi connectivity index (χ2v) is 6.33. The molecule has 0 bridgehead atoms. The summed E-state index contributed by atoms with van der Waals surface area (Å²) in [7, 11) is 0. The second kappa shape index (κ2) is 7.38. The van der Waals surface area contributed by atoms with Crippen LogP contribution in [0.5, 0.6) is 0 Å². The number of rotatable bonds is 3. The highest BCUT2D eigenvalue weighted by Gasteiger charge is 2.21. The number of halogens is 1. The fraction of sp³-hybridized carbons (Fsp3) is 0.562. The Bertz CT molecular complexity index is 556. The van der Waals surface area contributed by atoms with Gasteiger partial charge in [-0.05, 0) is 17.7 Å². The molecule has 0 spiro atoms. The van der Waals surface area contributed by atoms with E-state index in [0.29, 0.717) is 13.1 Å². The van der Waals surface area contributed by atoms with E-state index in [2.05, 4.69) is 21.9 Å². The van der Waals surface area contributed by atoms with Crippen LogP contribution in [-0.4, -0.2) is 73.5 Å². The molecule has 0 saturated carbocycles. The molecule has 126 valence electrons. The molecule has 0 unspecified atom stereocenters. The van der Waals surface area contributed by atoms with Crippen LogP contribution in [0.1, 0.15) is 5.56 Å². The van der Waals surface area contributed by atoms with Gasteiger partial charge in [-0.15, -0.1) is 0 Å². The van der Waals surface area contributed by atoms with Gasteiger partial charge in [-0.3, -0.25) is 4.90 Å². The number of hydrogen-bond acceptors (Lipinski definition) is 4. The van der Waals surface area contributed by atoms with E-state index < -0.39 is 6.09 Å². The number of piperazine rings is 1. The van der Waals surface area contributed by atoms with Crippen molar-refractivity contribution in [1.82, 2.24) is 9.80 Å². The first-order valence-electron chi connectivity index (χ1n) is 7.95. The molecule has 6 nitrogen and oxygen atoms in total. The molecular formula is C16H22ClN3O3. The van der Waals surface area contributed by atoms with Crippen molar-refractivity contribution in [3.05, 3.63) is 28.8 Å². The second-order valence-electron chi connectivity index (χ2n) is 5.92. The molecule has 23 heavy (non-hydrogen) atoms. The van der Waals surface area contributed by atoms with Crippen molar-refractivity contribution in [3.63, 3.8) is 0 Å². The minimum atomic E-state index is -0.836. The predicted molar refractivity (Wildman–Crippen MR) is 89.4 cm³/mol. The molecule has 2 fully saturated rings. The molecule has 3 rings (SSSR count). The Hall–Kier alpha value is -1.50. The first-order chi connectivity index (χ1) is 11.1. The van der Waals surface area contributed by atoms with E-state index >= 15 is 0 Å². The molecule has 1 amide bonds. The van der Waals surface area contributed by atoms with Gasteiger partial charge in [-0.1, -0.05) is 17.7 Å². The minimum Gasteiger partial charge on any atom is -0.465 e. The van der Waals surface area contributed by atoms with Crippen molar-refractivity contribution in [2.75, 3.05) is 57.4 Å². The van der Waals surface area contributed by atoms with Crippen LogP contribution in [0.25, 0.3) is 0 Å². The maximum absolute atomic E-state index is 10.9. The summed E-state index contributed by atoms with van der Waals surface area (Å²) < 4.78 is 5.37. The molecule has 0 atom stereocenters. The van der Waals surface area contributed by atoms with Crippen molar-refractivity contribution in [2.45, 2.75) is 6.54 Å². The van der Waals surface area contributed by atoms with Crippen LogP contribution in [0.15, 0.2) is 18.2 Å². The summed E-state index contributed by atoms with van der Waals surface area (Å²) >= 11 is 6.46. The summed E-state index contributed by atoms with van der Waals surface area (Å²) in [5.41, 5.74) is 2.23. The number of carboxylic acid groups (broad SMARTS) is 1. The SMILES string of the molecule is O=C(O)N1CCN(Cc2ccc(N3CCOCC3)cc2Cl)CC1. The highest BCUT2D eigenvalue weighted by atomic mass is 35.5. The van der Waals surface area contributed by atoms with E-state index in [4.69, 9.17) is 21.4 Å². The number of ether oxygens (including phenoxy) is 1. The Labute approximate surface area is 141 Å². The van der Waals surface area contributed by atoms with Gasteiger partial charge in [0, 0.05) is 56.5 Å². The third kappa shape index (κ3) is 4.07. The topological polar surface area (TPSA) is 56.2 Å². The lowest BCUT2D eigenvalue weighted by molar-refractivity contribution is 0.103. The summed E-state index contributed by atoms with van der Waals surface area (Å²) in [6, 6.07) is 6.21. The average Bonchev–Trinajstić information content (AvgIpc) is 2.58. The van der Waals surface area contributed by atoms with E-state index in [1.807, 2.05) is 6.07 Å². The maximum Gasteiger partial charge on any atom is 0.407 e. The van der Waals surface area contributed by atoms with Crippen molar-refractivity contribution >= 4 is 23.4 Å². The Kier molecular flexibility index (Phi) is 5.25. The fourth-order valence-corrected chi connectivity index (χ4v) is 3.26. The molecule has 2 aliphatic heterocycles. The molecule has 7 heteroatoms. The van der Waals surface area contributed by atoms with Crippen LogP contribution in [0.3, 0.4) is 0 Å². The quantitative estimate of drug-likeness (QED) is 0.912. The molecule has 2 saturated heterocycles. The molecule has 0 aliphatic carbocycles. The Morgan fingerprint density at radius 3 is 2.43 bits per heavy atom. The lowest BCUT2D eigenvalue weighted by atomic mass is 10.1. The standard InChI is InChI=1S/C16H22ClN3O3/c17-15-11-14(19-7-9-23-10-8-19)2-1-13(15)12-18-3-5-20(6-4-18)16(21)22/h1-2,11H,3-10,12H2,(H,21,22). The number of carbonyl (C=O) groups is 1. The van der Waals surface area contributed by atoms with Gasteiger partial charge < -0.3 is 19.6 Å². The van der Waals surface area contributed by atoms with Crippen molar-refractivity contribution in [2.24, 2.45) is 0 Å². The zero-order chi connectivity index (χ0) is 16.2. The molecular weight excluding hydrogens is 318 g/mol. The fourth-order valence-electron chi connectivity index (χ4n) is 3.02. The lowest BCUT2D eigenvalue weighted by Gasteiger charge is -2.33. The smallest absolute Gasteiger partial charge is 0.407 e. The summed E-state index contributed by atoms with van der Waals surface area (Å²) in [4.78, 5) is 16.9. The summed E-state index contributed by atoms with van der Waals surface area (Å²) in [6.07, 6.45) is -0.836. The highest BCUT2D eigenvalue weighted by molar-refractivity contribution is 6.31. The van der Waals surface area contributed by atoms with Crippen molar-refractivity contribution in [3.8, 4) is 0 Å². The number of morpholine rings is 1. The van der Waals surface area contributed by atoms with Gasteiger partial charge in [0.15, 0.2) is 0 Å². The first-order valence-corrected chi connectivity index (χ1v) is 8.32. The molecule has 1 aromatic carbocycles. The van der Waals surface area contributed by atoms with E-state index in [9.17, 15) is 4.79 Å². The van der Waals surface area contributed by atoms with Crippen molar-refractivity contribution < 1.29 is 14.6 Å². The van der Waals surface area contributed by atoms with Crippen LogP contribution in [0, 0.1) is 0 Å². The molecule has 0 radical (unpaired) electrons. The lowest BCUT2D eigenvalue weighted by Crippen LogP contribution is -2.47. The molecule has 1 N–H and O–H groups in total. The monoisotopic (exact) mass is 339 g/mol. The Morgan fingerprint density at radius 2 is 1.83 bits per heavy atom. The zero-order valence-corrected chi connectivity index (χ0v) is 13.8. The Balaban J connectivity index is 1.59. The van der Waals surface area contributed by atoms with Crippen LogP contribution in [-0.2, 0) is 11.3 Å². The van der Waals surface area contributed by atoms with Gasteiger partial charge in [0.25, 0.3) is 0 Å². The Morgan fingerprint density at radius 1 is 1.13 bits per heavy atom. The first kappa shape index (κ1) is 16.4. The van der Waals surface area contributed by atoms with E-state index in [-0.39, 0.29) is 0 Å². The van der Waals surface area contributed by atoms with E-state index in [1.165, 1.54) is 4.90 Å². The summed E-state index contributed by atoms with van der Waals surface area (Å²) in [5, 5.41) is 9.76. The van der Waals surface area contributed by atoms with Gasteiger partial charge in [0.05, 0.1) is 13.2 Å². The van der Waals surface area contributed by atoms with Gasteiger partial charge in [0.2, 0.25) is 0 Å². The number of nitrogens with zero attached hydrogens (tertiary/aromatic N) is 3. The van der Waals surface area contributed by atoms with E-state index in [0.717, 1.165) is 62.2 Å². The number of benzene rings is 1.